The maximum atomic E-state index is 11.7. The average Bonchev–Trinajstić information content (AvgIpc) is 2.53. The molecule has 0 atom stereocenters. The SMILES string of the molecule is O=C(NCCC(F)(F)F)c1cocn1. The van der Waals surface area contributed by atoms with Gasteiger partial charge in [-0.05, 0) is 0 Å². The highest BCUT2D eigenvalue weighted by Crippen LogP contribution is 2.18. The number of carbonyl (C=O) groups excluding carboxylic acids is 1. The number of nitrogens with zero attached hydrogens (tertiary/aromatic N) is 1. The van der Waals surface area contributed by atoms with Gasteiger partial charge in [0.2, 0.25) is 0 Å². The molecule has 1 aromatic rings. The summed E-state index contributed by atoms with van der Waals surface area (Å²) in [4.78, 5) is 14.5. The standard InChI is InChI=1S/C7H7F3N2O2/c8-7(9,10)1-2-11-6(13)5-3-14-4-12-5/h3-4H,1-2H2,(H,11,13). The van der Waals surface area contributed by atoms with Crippen molar-refractivity contribution in [2.45, 2.75) is 12.6 Å². The van der Waals surface area contributed by atoms with E-state index in [0.29, 0.717) is 0 Å². The lowest BCUT2D eigenvalue weighted by atomic mass is 10.4. The topological polar surface area (TPSA) is 55.1 Å². The minimum atomic E-state index is -4.27. The molecule has 0 fully saturated rings. The van der Waals surface area contributed by atoms with Gasteiger partial charge in [-0.2, -0.15) is 13.2 Å². The van der Waals surface area contributed by atoms with Gasteiger partial charge in [-0.25, -0.2) is 4.98 Å². The molecule has 1 rings (SSSR count). The number of oxazole rings is 1. The first-order valence-corrected chi connectivity index (χ1v) is 3.72. The molecule has 0 unspecified atom stereocenters. The fourth-order valence-corrected chi connectivity index (χ4v) is 0.733. The number of amides is 1. The Morgan fingerprint density at radius 2 is 2.29 bits per heavy atom. The van der Waals surface area contributed by atoms with E-state index < -0.39 is 25.0 Å². The lowest BCUT2D eigenvalue weighted by molar-refractivity contribution is -0.132. The first kappa shape index (κ1) is 10.6. The molecule has 0 spiro atoms. The Balaban J connectivity index is 2.30. The second kappa shape index (κ2) is 4.12. The molecule has 0 aromatic carbocycles. The summed E-state index contributed by atoms with van der Waals surface area (Å²) >= 11 is 0. The smallest absolute Gasteiger partial charge is 0.390 e. The maximum absolute atomic E-state index is 11.7. The Morgan fingerprint density at radius 1 is 1.57 bits per heavy atom. The van der Waals surface area contributed by atoms with Gasteiger partial charge in [-0.15, -0.1) is 0 Å². The fourth-order valence-electron chi connectivity index (χ4n) is 0.733. The van der Waals surface area contributed by atoms with E-state index in [4.69, 9.17) is 0 Å². The monoisotopic (exact) mass is 208 g/mol. The van der Waals surface area contributed by atoms with Gasteiger partial charge in [-0.3, -0.25) is 4.79 Å². The van der Waals surface area contributed by atoms with Crippen molar-refractivity contribution in [1.29, 1.82) is 0 Å². The van der Waals surface area contributed by atoms with Crippen molar-refractivity contribution in [3.8, 4) is 0 Å². The molecular weight excluding hydrogens is 201 g/mol. The summed E-state index contributed by atoms with van der Waals surface area (Å²) in [6.45, 7) is -0.463. The summed E-state index contributed by atoms with van der Waals surface area (Å²) in [7, 11) is 0. The van der Waals surface area contributed by atoms with Crippen molar-refractivity contribution in [3.05, 3.63) is 18.4 Å². The zero-order valence-electron chi connectivity index (χ0n) is 6.97. The van der Waals surface area contributed by atoms with Crippen LogP contribution in [0.2, 0.25) is 0 Å². The summed E-state index contributed by atoms with van der Waals surface area (Å²) < 4.78 is 39.5. The highest BCUT2D eigenvalue weighted by molar-refractivity contribution is 5.91. The minimum Gasteiger partial charge on any atom is -0.451 e. The van der Waals surface area contributed by atoms with Crippen molar-refractivity contribution in [3.63, 3.8) is 0 Å². The lowest BCUT2D eigenvalue weighted by Crippen LogP contribution is -2.28. The third-order valence-corrected chi connectivity index (χ3v) is 1.36. The number of hydrogen-bond acceptors (Lipinski definition) is 3. The number of hydrogen-bond donors (Lipinski definition) is 1. The zero-order valence-corrected chi connectivity index (χ0v) is 6.97. The van der Waals surface area contributed by atoms with Crippen molar-refractivity contribution < 1.29 is 22.4 Å². The van der Waals surface area contributed by atoms with Gasteiger partial charge in [0.25, 0.3) is 5.91 Å². The molecule has 0 radical (unpaired) electrons. The number of halogens is 3. The molecule has 0 bridgehead atoms. The predicted octanol–water partition coefficient (Wildman–Crippen LogP) is 1.36. The number of aromatic nitrogens is 1. The quantitative estimate of drug-likeness (QED) is 0.815. The summed E-state index contributed by atoms with van der Waals surface area (Å²) in [6.07, 6.45) is -3.24. The van der Waals surface area contributed by atoms with Gasteiger partial charge in [0, 0.05) is 6.54 Å². The van der Waals surface area contributed by atoms with Crippen LogP contribution in [0.3, 0.4) is 0 Å². The molecule has 1 amide bonds. The lowest BCUT2D eigenvalue weighted by Gasteiger charge is -2.05. The molecule has 1 heterocycles. The van der Waals surface area contributed by atoms with Crippen LogP contribution in [0.25, 0.3) is 0 Å². The van der Waals surface area contributed by atoms with E-state index in [1.165, 1.54) is 0 Å². The Labute approximate surface area is 77.1 Å². The number of rotatable bonds is 3. The van der Waals surface area contributed by atoms with Gasteiger partial charge in [0.1, 0.15) is 6.26 Å². The largest absolute Gasteiger partial charge is 0.451 e. The fraction of sp³-hybridized carbons (Fsp3) is 0.429. The minimum absolute atomic E-state index is 0.0350. The predicted molar refractivity (Wildman–Crippen MR) is 39.5 cm³/mol. The van der Waals surface area contributed by atoms with Gasteiger partial charge >= 0.3 is 6.18 Å². The first-order valence-electron chi connectivity index (χ1n) is 3.72. The molecule has 0 aliphatic carbocycles. The number of alkyl halides is 3. The highest BCUT2D eigenvalue weighted by Gasteiger charge is 2.26. The molecular formula is C7H7F3N2O2. The van der Waals surface area contributed by atoms with E-state index in [2.05, 4.69) is 14.7 Å². The Morgan fingerprint density at radius 3 is 2.79 bits per heavy atom. The normalized spacial score (nSPS) is 11.4. The van der Waals surface area contributed by atoms with Crippen LogP contribution >= 0.6 is 0 Å². The van der Waals surface area contributed by atoms with E-state index in [1.54, 1.807) is 0 Å². The summed E-state index contributed by atoms with van der Waals surface area (Å²) in [5.41, 5.74) is -0.0350. The number of carbonyl (C=O) groups is 1. The van der Waals surface area contributed by atoms with Crippen LogP contribution in [0, 0.1) is 0 Å². The molecule has 14 heavy (non-hydrogen) atoms. The Kier molecular flexibility index (Phi) is 3.10. The van der Waals surface area contributed by atoms with Gasteiger partial charge in [0.15, 0.2) is 12.1 Å². The van der Waals surface area contributed by atoms with E-state index in [1.807, 2.05) is 0 Å². The molecule has 7 heteroatoms. The zero-order chi connectivity index (χ0) is 10.6. The van der Waals surface area contributed by atoms with Crippen LogP contribution in [-0.4, -0.2) is 23.6 Å². The second-order valence-corrected chi connectivity index (χ2v) is 2.49. The second-order valence-electron chi connectivity index (χ2n) is 2.49. The van der Waals surface area contributed by atoms with E-state index in [0.717, 1.165) is 12.7 Å². The van der Waals surface area contributed by atoms with E-state index in [9.17, 15) is 18.0 Å². The molecule has 4 nitrogen and oxygen atoms in total. The molecule has 0 saturated carbocycles. The summed E-state index contributed by atoms with van der Waals surface area (Å²) in [5, 5.41) is 2.06. The van der Waals surface area contributed by atoms with E-state index in [-0.39, 0.29) is 5.69 Å². The third-order valence-electron chi connectivity index (χ3n) is 1.36. The Bertz CT molecular complexity index is 294. The first-order chi connectivity index (χ1) is 6.49. The molecule has 0 aliphatic rings. The van der Waals surface area contributed by atoms with Crippen LogP contribution in [0.1, 0.15) is 16.9 Å². The number of nitrogens with one attached hydrogen (secondary N) is 1. The van der Waals surface area contributed by atoms with Gasteiger partial charge < -0.3 is 9.73 Å². The van der Waals surface area contributed by atoms with E-state index >= 15 is 0 Å². The molecule has 0 saturated heterocycles. The van der Waals surface area contributed by atoms with Crippen molar-refractivity contribution in [2.24, 2.45) is 0 Å². The molecule has 1 N–H and O–H groups in total. The summed E-state index contributed by atoms with van der Waals surface area (Å²) in [5.74, 6) is -0.678. The maximum Gasteiger partial charge on any atom is 0.390 e. The van der Waals surface area contributed by atoms with Crippen molar-refractivity contribution >= 4 is 5.91 Å². The van der Waals surface area contributed by atoms with Crippen LogP contribution in [0.4, 0.5) is 13.2 Å². The molecule has 78 valence electrons. The van der Waals surface area contributed by atoms with Crippen LogP contribution in [0.5, 0.6) is 0 Å². The molecule has 1 aromatic heterocycles. The molecule has 0 aliphatic heterocycles. The van der Waals surface area contributed by atoms with Gasteiger partial charge in [-0.1, -0.05) is 0 Å². The summed E-state index contributed by atoms with van der Waals surface area (Å²) in [6, 6.07) is 0. The third kappa shape index (κ3) is 3.46. The van der Waals surface area contributed by atoms with Crippen molar-refractivity contribution in [2.75, 3.05) is 6.54 Å². The average molecular weight is 208 g/mol. The van der Waals surface area contributed by atoms with Crippen LogP contribution < -0.4 is 5.32 Å². The Hall–Kier alpha value is -1.53. The highest BCUT2D eigenvalue weighted by atomic mass is 19.4. The van der Waals surface area contributed by atoms with Crippen molar-refractivity contribution in [1.82, 2.24) is 10.3 Å². The van der Waals surface area contributed by atoms with Gasteiger partial charge in [0.05, 0.1) is 6.42 Å². The van der Waals surface area contributed by atoms with Crippen LogP contribution in [-0.2, 0) is 0 Å². The van der Waals surface area contributed by atoms with Crippen LogP contribution in [0.15, 0.2) is 17.1 Å².